The smallest absolute Gasteiger partial charge is 0.354 e. The minimum Gasteiger partial charge on any atom is -0.477 e. The van der Waals surface area contributed by atoms with Gasteiger partial charge in [0.2, 0.25) is 0 Å². The second kappa shape index (κ2) is 4.03. The summed E-state index contributed by atoms with van der Waals surface area (Å²) < 4.78 is 0. The van der Waals surface area contributed by atoms with Crippen molar-refractivity contribution in [1.29, 1.82) is 0 Å². The van der Waals surface area contributed by atoms with Crippen LogP contribution in [0.5, 0.6) is 0 Å². The number of hydrogen-bond donors (Lipinski definition) is 1. The molecule has 1 aromatic rings. The van der Waals surface area contributed by atoms with Crippen molar-refractivity contribution in [3.8, 4) is 0 Å². The van der Waals surface area contributed by atoms with E-state index in [-0.39, 0.29) is 5.69 Å². The zero-order valence-electron chi connectivity index (χ0n) is 7.87. The fraction of sp³-hybridized carbons (Fsp3) is 0.400. The highest BCUT2D eigenvalue weighted by Crippen LogP contribution is 2.13. The van der Waals surface area contributed by atoms with Gasteiger partial charge in [0.05, 0.1) is 0 Å². The molecule has 0 unspecified atom stereocenters. The Bertz CT molecular complexity index is 321. The monoisotopic (exact) mass is 179 g/mol. The molecule has 1 rings (SSSR count). The number of pyridine rings is 1. The van der Waals surface area contributed by atoms with Crippen LogP contribution >= 0.6 is 0 Å². The van der Waals surface area contributed by atoms with E-state index in [1.807, 2.05) is 19.9 Å². The third-order valence-electron chi connectivity index (χ3n) is 2.09. The van der Waals surface area contributed by atoms with E-state index in [0.717, 1.165) is 24.0 Å². The fourth-order valence-corrected chi connectivity index (χ4v) is 1.44. The molecule has 1 aromatic heterocycles. The van der Waals surface area contributed by atoms with E-state index in [4.69, 9.17) is 5.11 Å². The summed E-state index contributed by atoms with van der Waals surface area (Å²) >= 11 is 0. The highest BCUT2D eigenvalue weighted by atomic mass is 16.4. The van der Waals surface area contributed by atoms with Crippen molar-refractivity contribution in [2.75, 3.05) is 0 Å². The minimum atomic E-state index is -0.938. The van der Waals surface area contributed by atoms with Gasteiger partial charge in [0.25, 0.3) is 0 Å². The van der Waals surface area contributed by atoms with Crippen molar-refractivity contribution in [3.63, 3.8) is 0 Å². The molecule has 0 bridgehead atoms. The van der Waals surface area contributed by atoms with E-state index in [2.05, 4.69) is 4.98 Å². The first-order valence-corrected chi connectivity index (χ1v) is 4.40. The summed E-state index contributed by atoms with van der Waals surface area (Å²) in [5, 5.41) is 8.85. The molecular formula is C10H13NO2. The standard InChI is InChI=1S/C10H13NO2/c1-3-7-5-6-11-9(10(12)13)8(7)4-2/h5-6H,3-4H2,1-2H3,(H,12,13). The Kier molecular flexibility index (Phi) is 3.01. The summed E-state index contributed by atoms with van der Waals surface area (Å²) in [6.45, 7) is 3.96. The number of carboxylic acids is 1. The molecule has 0 fully saturated rings. The number of carboxylic acid groups (broad SMARTS) is 1. The number of aromatic nitrogens is 1. The van der Waals surface area contributed by atoms with Gasteiger partial charge in [-0.15, -0.1) is 0 Å². The zero-order valence-corrected chi connectivity index (χ0v) is 7.87. The third-order valence-corrected chi connectivity index (χ3v) is 2.09. The third kappa shape index (κ3) is 1.86. The van der Waals surface area contributed by atoms with Crippen LogP contribution in [0.2, 0.25) is 0 Å². The van der Waals surface area contributed by atoms with Gasteiger partial charge in [0.1, 0.15) is 0 Å². The van der Waals surface area contributed by atoms with E-state index >= 15 is 0 Å². The van der Waals surface area contributed by atoms with Gasteiger partial charge in [0, 0.05) is 6.20 Å². The van der Waals surface area contributed by atoms with E-state index in [1.165, 1.54) is 0 Å². The number of hydrogen-bond acceptors (Lipinski definition) is 2. The SMILES string of the molecule is CCc1ccnc(C(=O)O)c1CC. The van der Waals surface area contributed by atoms with Gasteiger partial charge in [-0.1, -0.05) is 13.8 Å². The van der Waals surface area contributed by atoms with E-state index in [1.54, 1.807) is 6.20 Å². The van der Waals surface area contributed by atoms with Crippen molar-refractivity contribution in [1.82, 2.24) is 4.98 Å². The van der Waals surface area contributed by atoms with Gasteiger partial charge in [-0.2, -0.15) is 0 Å². The molecule has 70 valence electrons. The molecule has 0 spiro atoms. The Morgan fingerprint density at radius 2 is 2.15 bits per heavy atom. The second-order valence-corrected chi connectivity index (χ2v) is 2.81. The van der Waals surface area contributed by atoms with Crippen LogP contribution in [0, 0.1) is 0 Å². The molecule has 0 saturated carbocycles. The van der Waals surface area contributed by atoms with Crippen LogP contribution in [0.4, 0.5) is 0 Å². The zero-order chi connectivity index (χ0) is 9.84. The largest absolute Gasteiger partial charge is 0.477 e. The highest BCUT2D eigenvalue weighted by Gasteiger charge is 2.12. The summed E-state index contributed by atoms with van der Waals surface area (Å²) in [5.41, 5.74) is 2.13. The predicted molar refractivity (Wildman–Crippen MR) is 50.0 cm³/mol. The lowest BCUT2D eigenvalue weighted by molar-refractivity contribution is 0.0689. The van der Waals surface area contributed by atoms with Gasteiger partial charge in [0.15, 0.2) is 5.69 Å². The van der Waals surface area contributed by atoms with Crippen LogP contribution in [0.15, 0.2) is 12.3 Å². The van der Waals surface area contributed by atoms with Crippen molar-refractivity contribution in [2.24, 2.45) is 0 Å². The highest BCUT2D eigenvalue weighted by molar-refractivity contribution is 5.87. The van der Waals surface area contributed by atoms with Crippen LogP contribution in [-0.2, 0) is 12.8 Å². The summed E-state index contributed by atoms with van der Waals surface area (Å²) in [6, 6.07) is 1.88. The summed E-state index contributed by atoms with van der Waals surface area (Å²) in [6.07, 6.45) is 3.13. The fourth-order valence-electron chi connectivity index (χ4n) is 1.44. The number of aryl methyl sites for hydroxylation is 1. The Hall–Kier alpha value is -1.38. The molecule has 0 atom stereocenters. The van der Waals surface area contributed by atoms with Gasteiger partial charge < -0.3 is 5.11 Å². The lowest BCUT2D eigenvalue weighted by Crippen LogP contribution is -2.07. The van der Waals surface area contributed by atoms with Gasteiger partial charge >= 0.3 is 5.97 Å². The molecule has 0 aliphatic carbocycles. The van der Waals surface area contributed by atoms with Crippen molar-refractivity contribution < 1.29 is 9.90 Å². The van der Waals surface area contributed by atoms with E-state index in [9.17, 15) is 4.79 Å². The second-order valence-electron chi connectivity index (χ2n) is 2.81. The lowest BCUT2D eigenvalue weighted by Gasteiger charge is -2.07. The van der Waals surface area contributed by atoms with Gasteiger partial charge in [-0.25, -0.2) is 9.78 Å². The molecule has 0 aromatic carbocycles. The number of rotatable bonds is 3. The first-order valence-electron chi connectivity index (χ1n) is 4.40. The minimum absolute atomic E-state index is 0.196. The van der Waals surface area contributed by atoms with Crippen molar-refractivity contribution in [3.05, 3.63) is 29.1 Å². The van der Waals surface area contributed by atoms with Crippen LogP contribution in [0.1, 0.15) is 35.5 Å². The van der Waals surface area contributed by atoms with E-state index in [0.29, 0.717) is 0 Å². The number of carbonyl (C=O) groups is 1. The molecule has 3 nitrogen and oxygen atoms in total. The summed E-state index contributed by atoms with van der Waals surface area (Å²) in [5.74, 6) is -0.938. The average molecular weight is 179 g/mol. The number of nitrogens with zero attached hydrogens (tertiary/aromatic N) is 1. The van der Waals surface area contributed by atoms with Crippen molar-refractivity contribution in [2.45, 2.75) is 26.7 Å². The maximum atomic E-state index is 10.8. The molecular weight excluding hydrogens is 166 g/mol. The Labute approximate surface area is 77.4 Å². The predicted octanol–water partition coefficient (Wildman–Crippen LogP) is 1.90. The normalized spacial score (nSPS) is 10.0. The molecule has 0 radical (unpaired) electrons. The molecule has 0 aliphatic heterocycles. The van der Waals surface area contributed by atoms with Gasteiger partial charge in [-0.3, -0.25) is 0 Å². The molecule has 13 heavy (non-hydrogen) atoms. The average Bonchev–Trinajstić information content (AvgIpc) is 2.16. The first-order chi connectivity index (χ1) is 6.20. The first kappa shape index (κ1) is 9.71. The Balaban J connectivity index is 3.27. The van der Waals surface area contributed by atoms with Crippen LogP contribution in [0.3, 0.4) is 0 Å². The van der Waals surface area contributed by atoms with Gasteiger partial charge in [-0.05, 0) is 30.0 Å². The summed E-state index contributed by atoms with van der Waals surface area (Å²) in [7, 11) is 0. The maximum absolute atomic E-state index is 10.8. The summed E-state index contributed by atoms with van der Waals surface area (Å²) in [4.78, 5) is 14.6. The molecule has 0 amide bonds. The van der Waals surface area contributed by atoms with Crippen LogP contribution < -0.4 is 0 Å². The molecule has 0 aliphatic rings. The van der Waals surface area contributed by atoms with E-state index < -0.39 is 5.97 Å². The van der Waals surface area contributed by atoms with Crippen molar-refractivity contribution >= 4 is 5.97 Å². The quantitative estimate of drug-likeness (QED) is 0.771. The molecule has 1 heterocycles. The maximum Gasteiger partial charge on any atom is 0.354 e. The van der Waals surface area contributed by atoms with Crippen LogP contribution in [-0.4, -0.2) is 16.1 Å². The molecule has 0 saturated heterocycles. The Morgan fingerprint density at radius 3 is 2.62 bits per heavy atom. The molecule has 1 N–H and O–H groups in total. The van der Waals surface area contributed by atoms with Crippen LogP contribution in [0.25, 0.3) is 0 Å². The molecule has 3 heteroatoms. The Morgan fingerprint density at radius 1 is 1.46 bits per heavy atom. The topological polar surface area (TPSA) is 50.2 Å². The lowest BCUT2D eigenvalue weighted by atomic mass is 10.0. The number of aromatic carboxylic acids is 1.